The molecule has 1 nitrogen and oxygen atoms in total. The zero-order valence-electron chi connectivity index (χ0n) is 9.30. The Kier molecular flexibility index (Phi) is 2.18. The van der Waals surface area contributed by atoms with Gasteiger partial charge in [0.05, 0.1) is 5.41 Å². The molecular weight excluding hydrogens is 191 g/mol. The SMILES string of the molecule is CC(C)C1(C)C(=O)Cc2cc(F)ccc21. The Morgan fingerprint density at radius 1 is 1.40 bits per heavy atom. The molecule has 1 aliphatic carbocycles. The lowest BCUT2D eigenvalue weighted by Gasteiger charge is -2.28. The zero-order chi connectivity index (χ0) is 11.2. The lowest BCUT2D eigenvalue weighted by atomic mass is 9.74. The topological polar surface area (TPSA) is 17.1 Å². The van der Waals surface area contributed by atoms with Crippen molar-refractivity contribution in [2.45, 2.75) is 32.6 Å². The molecule has 0 bridgehead atoms. The van der Waals surface area contributed by atoms with Gasteiger partial charge in [0.2, 0.25) is 0 Å². The van der Waals surface area contributed by atoms with Crippen LogP contribution in [0.1, 0.15) is 31.9 Å². The Morgan fingerprint density at radius 2 is 2.07 bits per heavy atom. The molecule has 2 heteroatoms. The molecule has 1 aliphatic rings. The van der Waals surface area contributed by atoms with E-state index >= 15 is 0 Å². The summed E-state index contributed by atoms with van der Waals surface area (Å²) in [6.07, 6.45) is 0.377. The van der Waals surface area contributed by atoms with E-state index in [2.05, 4.69) is 0 Å². The smallest absolute Gasteiger partial charge is 0.147 e. The van der Waals surface area contributed by atoms with Gasteiger partial charge in [0.1, 0.15) is 11.6 Å². The largest absolute Gasteiger partial charge is 0.298 e. The van der Waals surface area contributed by atoms with Gasteiger partial charge in [0.25, 0.3) is 0 Å². The quantitative estimate of drug-likeness (QED) is 0.690. The molecule has 0 fully saturated rings. The first-order valence-corrected chi connectivity index (χ1v) is 5.28. The normalized spacial score (nSPS) is 24.7. The number of fused-ring (bicyclic) bond motifs is 1. The van der Waals surface area contributed by atoms with Crippen LogP contribution in [0.5, 0.6) is 0 Å². The van der Waals surface area contributed by atoms with E-state index < -0.39 is 5.41 Å². The third-order valence-electron chi connectivity index (χ3n) is 3.71. The fourth-order valence-electron chi connectivity index (χ4n) is 2.35. The van der Waals surface area contributed by atoms with E-state index in [4.69, 9.17) is 0 Å². The average Bonchev–Trinajstić information content (AvgIpc) is 2.39. The maximum atomic E-state index is 13.0. The lowest BCUT2D eigenvalue weighted by Crippen LogP contribution is -2.34. The molecular formula is C13H15FO. The Labute approximate surface area is 89.3 Å². The molecule has 1 aromatic rings. The predicted octanol–water partition coefficient (Wildman–Crippen LogP) is 2.86. The van der Waals surface area contributed by atoms with E-state index in [0.717, 1.165) is 11.1 Å². The van der Waals surface area contributed by atoms with Crippen molar-refractivity contribution in [3.63, 3.8) is 0 Å². The van der Waals surface area contributed by atoms with Crippen molar-refractivity contribution >= 4 is 5.78 Å². The van der Waals surface area contributed by atoms with Gasteiger partial charge in [-0.1, -0.05) is 19.9 Å². The summed E-state index contributed by atoms with van der Waals surface area (Å²) in [7, 11) is 0. The molecule has 0 N–H and O–H groups in total. The Bertz CT molecular complexity index is 423. The van der Waals surface area contributed by atoms with Crippen LogP contribution in [0.25, 0.3) is 0 Å². The van der Waals surface area contributed by atoms with Gasteiger partial charge in [-0.3, -0.25) is 4.79 Å². The van der Waals surface area contributed by atoms with Crippen molar-refractivity contribution in [2.24, 2.45) is 5.92 Å². The van der Waals surface area contributed by atoms with Crippen LogP contribution in [-0.2, 0) is 16.6 Å². The van der Waals surface area contributed by atoms with Gasteiger partial charge in [-0.25, -0.2) is 4.39 Å². The minimum Gasteiger partial charge on any atom is -0.298 e. The third kappa shape index (κ3) is 1.31. The van der Waals surface area contributed by atoms with E-state index in [1.165, 1.54) is 12.1 Å². The van der Waals surface area contributed by atoms with Crippen LogP contribution < -0.4 is 0 Å². The Hall–Kier alpha value is -1.18. The molecule has 0 spiro atoms. The second-order valence-electron chi connectivity index (χ2n) is 4.76. The van der Waals surface area contributed by atoms with E-state index in [1.807, 2.05) is 20.8 Å². The van der Waals surface area contributed by atoms with E-state index in [0.29, 0.717) is 6.42 Å². The molecule has 1 aromatic carbocycles. The molecule has 0 radical (unpaired) electrons. The van der Waals surface area contributed by atoms with Crippen LogP contribution in [-0.4, -0.2) is 5.78 Å². The number of carbonyl (C=O) groups is 1. The summed E-state index contributed by atoms with van der Waals surface area (Å²) in [5.41, 5.74) is 1.43. The second-order valence-corrected chi connectivity index (χ2v) is 4.76. The van der Waals surface area contributed by atoms with Crippen LogP contribution in [0, 0.1) is 11.7 Å². The summed E-state index contributed by atoms with van der Waals surface area (Å²) in [5.74, 6) is 0.198. The van der Waals surface area contributed by atoms with Crippen molar-refractivity contribution in [2.75, 3.05) is 0 Å². The number of hydrogen-bond donors (Lipinski definition) is 0. The molecule has 1 atom stereocenters. The van der Waals surface area contributed by atoms with Gasteiger partial charge in [0.15, 0.2) is 0 Å². The van der Waals surface area contributed by atoms with Crippen LogP contribution in [0.3, 0.4) is 0 Å². The monoisotopic (exact) mass is 206 g/mol. The van der Waals surface area contributed by atoms with Gasteiger partial charge in [-0.05, 0) is 36.1 Å². The number of benzene rings is 1. The zero-order valence-corrected chi connectivity index (χ0v) is 9.30. The number of hydrogen-bond acceptors (Lipinski definition) is 1. The van der Waals surface area contributed by atoms with E-state index in [1.54, 1.807) is 6.07 Å². The van der Waals surface area contributed by atoms with Gasteiger partial charge in [0, 0.05) is 6.42 Å². The summed E-state index contributed by atoms with van der Waals surface area (Å²) in [6, 6.07) is 4.69. The first-order valence-electron chi connectivity index (χ1n) is 5.28. The summed E-state index contributed by atoms with van der Waals surface area (Å²) in [6.45, 7) is 6.04. The number of ketones is 1. The van der Waals surface area contributed by atoms with E-state index in [-0.39, 0.29) is 17.5 Å². The highest BCUT2D eigenvalue weighted by molar-refractivity contribution is 5.96. The maximum Gasteiger partial charge on any atom is 0.147 e. The van der Waals surface area contributed by atoms with Crippen molar-refractivity contribution in [1.29, 1.82) is 0 Å². The average molecular weight is 206 g/mol. The first-order chi connectivity index (χ1) is 6.96. The molecule has 0 heterocycles. The number of carbonyl (C=O) groups excluding carboxylic acids is 1. The van der Waals surface area contributed by atoms with Gasteiger partial charge >= 0.3 is 0 Å². The van der Waals surface area contributed by atoms with Crippen LogP contribution in [0.15, 0.2) is 18.2 Å². The fraction of sp³-hybridized carbons (Fsp3) is 0.462. The van der Waals surface area contributed by atoms with Gasteiger partial charge < -0.3 is 0 Å². The standard InChI is InChI=1S/C13H15FO/c1-8(2)13(3)11-5-4-10(14)6-9(11)7-12(13)15/h4-6,8H,7H2,1-3H3. The number of halogens is 1. The summed E-state index contributed by atoms with van der Waals surface area (Å²) < 4.78 is 13.0. The number of rotatable bonds is 1. The molecule has 1 unspecified atom stereocenters. The van der Waals surface area contributed by atoms with Crippen molar-refractivity contribution in [3.8, 4) is 0 Å². The predicted molar refractivity (Wildman–Crippen MR) is 57.3 cm³/mol. The Morgan fingerprint density at radius 3 is 2.67 bits per heavy atom. The summed E-state index contributed by atoms with van der Waals surface area (Å²) >= 11 is 0. The van der Waals surface area contributed by atoms with Crippen LogP contribution >= 0.6 is 0 Å². The molecule has 0 aliphatic heterocycles. The molecule has 0 amide bonds. The number of Topliss-reactive ketones (excluding diaryl/α,β-unsaturated/α-hetero) is 1. The minimum atomic E-state index is -0.428. The van der Waals surface area contributed by atoms with Gasteiger partial charge in [-0.2, -0.15) is 0 Å². The molecule has 80 valence electrons. The second kappa shape index (κ2) is 3.16. The minimum absolute atomic E-state index is 0.207. The van der Waals surface area contributed by atoms with E-state index in [9.17, 15) is 9.18 Å². The van der Waals surface area contributed by atoms with Crippen LogP contribution in [0.2, 0.25) is 0 Å². The maximum absolute atomic E-state index is 13.0. The highest BCUT2D eigenvalue weighted by Crippen LogP contribution is 2.41. The first kappa shape index (κ1) is 10.3. The fourth-order valence-corrected chi connectivity index (χ4v) is 2.35. The molecule has 0 saturated carbocycles. The van der Waals surface area contributed by atoms with Crippen molar-refractivity contribution in [1.82, 2.24) is 0 Å². The Balaban J connectivity index is 2.60. The van der Waals surface area contributed by atoms with Crippen molar-refractivity contribution < 1.29 is 9.18 Å². The highest BCUT2D eigenvalue weighted by atomic mass is 19.1. The summed E-state index contributed by atoms with van der Waals surface area (Å²) in [4.78, 5) is 12.0. The lowest BCUT2D eigenvalue weighted by molar-refractivity contribution is -0.123. The van der Waals surface area contributed by atoms with Gasteiger partial charge in [-0.15, -0.1) is 0 Å². The molecule has 0 aromatic heterocycles. The summed E-state index contributed by atoms with van der Waals surface area (Å²) in [5, 5.41) is 0. The molecule has 2 rings (SSSR count). The van der Waals surface area contributed by atoms with Crippen LogP contribution in [0.4, 0.5) is 4.39 Å². The van der Waals surface area contributed by atoms with Crippen molar-refractivity contribution in [3.05, 3.63) is 35.1 Å². The molecule has 0 saturated heterocycles. The highest BCUT2D eigenvalue weighted by Gasteiger charge is 2.44. The molecule has 15 heavy (non-hydrogen) atoms. The third-order valence-corrected chi connectivity index (χ3v) is 3.71.